The van der Waals surface area contributed by atoms with Gasteiger partial charge >= 0.3 is 0 Å². The van der Waals surface area contributed by atoms with Crippen LogP contribution in [0.25, 0.3) is 0 Å². The smallest absolute Gasteiger partial charge is 0.242 e. The molecule has 5 nitrogen and oxygen atoms in total. The topological polar surface area (TPSA) is 73.1 Å². The summed E-state index contributed by atoms with van der Waals surface area (Å²) in [5.74, 6) is 0.315. The number of nitrogens with one attached hydrogen (secondary N) is 1. The lowest BCUT2D eigenvalue weighted by atomic mass is 10.3. The summed E-state index contributed by atoms with van der Waals surface area (Å²) in [5.41, 5.74) is 6.48. The van der Waals surface area contributed by atoms with E-state index in [-0.39, 0.29) is 10.4 Å². The van der Waals surface area contributed by atoms with Gasteiger partial charge in [0.25, 0.3) is 0 Å². The van der Waals surface area contributed by atoms with E-state index >= 15 is 0 Å². The van der Waals surface area contributed by atoms with E-state index in [1.165, 1.54) is 7.11 Å². The molecule has 1 aromatic rings. The molecule has 0 radical (unpaired) electrons. The molecule has 0 aliphatic carbocycles. The van der Waals surface area contributed by atoms with Crippen LogP contribution in [0, 0.1) is 6.92 Å². The number of nitrogens with zero attached hydrogens (tertiary/aromatic N) is 2. The number of ether oxygens (including phenoxy) is 1. The summed E-state index contributed by atoms with van der Waals surface area (Å²) in [4.78, 5) is 7.79. The summed E-state index contributed by atoms with van der Waals surface area (Å²) in [7, 11) is 1.48. The van der Waals surface area contributed by atoms with Crippen molar-refractivity contribution in [2.24, 2.45) is 5.73 Å². The summed E-state index contributed by atoms with van der Waals surface area (Å²) >= 11 is 10.3. The van der Waals surface area contributed by atoms with Crippen LogP contribution in [-0.4, -0.2) is 22.2 Å². The molecule has 1 heterocycles. The van der Waals surface area contributed by atoms with Gasteiger partial charge in [0.1, 0.15) is 5.69 Å². The molecule has 0 saturated heterocycles. The SMILES string of the molecule is COc1nc(Cl)nc(C)c1NC(N)=S. The number of thiocarbonyl (C=S) groups is 1. The van der Waals surface area contributed by atoms with Crippen molar-refractivity contribution in [2.45, 2.75) is 6.92 Å². The largest absolute Gasteiger partial charge is 0.479 e. The van der Waals surface area contributed by atoms with Crippen LogP contribution < -0.4 is 15.8 Å². The van der Waals surface area contributed by atoms with Crippen LogP contribution in [0.3, 0.4) is 0 Å². The molecule has 76 valence electrons. The number of aryl methyl sites for hydroxylation is 1. The lowest BCUT2D eigenvalue weighted by Gasteiger charge is -2.10. The molecule has 0 amide bonds. The van der Waals surface area contributed by atoms with Crippen LogP contribution in [0.4, 0.5) is 5.69 Å². The maximum Gasteiger partial charge on any atom is 0.242 e. The Balaban J connectivity index is 3.18. The number of aromatic nitrogens is 2. The Labute approximate surface area is 91.6 Å². The predicted molar refractivity (Wildman–Crippen MR) is 58.7 cm³/mol. The maximum atomic E-state index is 5.64. The molecule has 0 aromatic carbocycles. The predicted octanol–water partition coefficient (Wildman–Crippen LogP) is 1.10. The summed E-state index contributed by atoms with van der Waals surface area (Å²) < 4.78 is 4.99. The molecule has 0 spiro atoms. The second-order valence-corrected chi connectivity index (χ2v) is 3.23. The Morgan fingerprint density at radius 1 is 1.57 bits per heavy atom. The average molecular weight is 233 g/mol. The van der Waals surface area contributed by atoms with Crippen LogP contribution in [0.15, 0.2) is 0 Å². The molecular weight excluding hydrogens is 224 g/mol. The number of halogens is 1. The molecule has 14 heavy (non-hydrogen) atoms. The second kappa shape index (κ2) is 4.39. The zero-order chi connectivity index (χ0) is 10.7. The maximum absolute atomic E-state index is 5.64. The quantitative estimate of drug-likeness (QED) is 0.588. The van der Waals surface area contributed by atoms with Gasteiger partial charge in [0.05, 0.1) is 12.8 Å². The molecule has 1 rings (SSSR count). The number of rotatable bonds is 2. The van der Waals surface area contributed by atoms with E-state index in [1.807, 2.05) is 0 Å². The van der Waals surface area contributed by atoms with Crippen molar-refractivity contribution in [1.29, 1.82) is 0 Å². The minimum atomic E-state index is 0.118. The van der Waals surface area contributed by atoms with E-state index in [4.69, 9.17) is 34.3 Å². The first-order chi connectivity index (χ1) is 6.54. The Bertz CT molecular complexity index is 371. The van der Waals surface area contributed by atoms with Gasteiger partial charge in [0.15, 0.2) is 5.11 Å². The Hall–Kier alpha value is -1.14. The van der Waals surface area contributed by atoms with Crippen molar-refractivity contribution in [3.63, 3.8) is 0 Å². The number of methoxy groups -OCH3 is 1. The van der Waals surface area contributed by atoms with Gasteiger partial charge in [-0.3, -0.25) is 0 Å². The molecular formula is C7H9ClN4OS. The molecule has 3 N–H and O–H groups in total. The highest BCUT2D eigenvalue weighted by Gasteiger charge is 2.11. The Kier molecular flexibility index (Phi) is 3.43. The third kappa shape index (κ3) is 2.43. The first-order valence-corrected chi connectivity index (χ1v) is 4.47. The molecule has 7 heteroatoms. The van der Waals surface area contributed by atoms with Gasteiger partial charge in [0, 0.05) is 0 Å². The molecule has 0 atom stereocenters. The molecule has 0 bridgehead atoms. The average Bonchev–Trinajstić information content (AvgIpc) is 2.08. The zero-order valence-corrected chi connectivity index (χ0v) is 9.24. The summed E-state index contributed by atoms with van der Waals surface area (Å²) in [5, 5.41) is 2.96. The van der Waals surface area contributed by atoms with Crippen molar-refractivity contribution in [3.8, 4) is 5.88 Å². The van der Waals surface area contributed by atoms with Gasteiger partial charge < -0.3 is 15.8 Å². The van der Waals surface area contributed by atoms with Gasteiger partial charge in [-0.15, -0.1) is 0 Å². The van der Waals surface area contributed by atoms with Gasteiger partial charge in [-0.2, -0.15) is 4.98 Å². The fraction of sp³-hybridized carbons (Fsp3) is 0.286. The van der Waals surface area contributed by atoms with Crippen molar-refractivity contribution in [3.05, 3.63) is 11.0 Å². The fourth-order valence-corrected chi connectivity index (χ4v) is 1.23. The third-order valence-corrected chi connectivity index (χ3v) is 1.74. The van der Waals surface area contributed by atoms with Gasteiger partial charge in [0.2, 0.25) is 11.2 Å². The van der Waals surface area contributed by atoms with Crippen LogP contribution in [0.5, 0.6) is 5.88 Å². The number of hydrogen-bond donors (Lipinski definition) is 2. The lowest BCUT2D eigenvalue weighted by molar-refractivity contribution is 0.399. The summed E-state index contributed by atoms with van der Waals surface area (Å²) in [6.45, 7) is 1.75. The molecule has 1 aromatic heterocycles. The standard InChI is InChI=1S/C7H9ClN4OS/c1-3-4(11-7(9)14)5(13-2)12-6(8)10-3/h1-2H3,(H3,9,11,14). The van der Waals surface area contributed by atoms with E-state index in [2.05, 4.69) is 15.3 Å². The van der Waals surface area contributed by atoms with E-state index < -0.39 is 0 Å². The van der Waals surface area contributed by atoms with Crippen LogP contribution in [0.2, 0.25) is 5.28 Å². The monoisotopic (exact) mass is 232 g/mol. The van der Waals surface area contributed by atoms with Crippen molar-refractivity contribution < 1.29 is 4.74 Å². The number of hydrogen-bond acceptors (Lipinski definition) is 4. The molecule has 0 aliphatic heterocycles. The Morgan fingerprint density at radius 2 is 2.21 bits per heavy atom. The molecule has 0 unspecified atom stereocenters. The van der Waals surface area contributed by atoms with Crippen LogP contribution in [0.1, 0.15) is 5.69 Å². The van der Waals surface area contributed by atoms with E-state index in [0.717, 1.165) is 0 Å². The van der Waals surface area contributed by atoms with Crippen molar-refractivity contribution >= 4 is 34.6 Å². The van der Waals surface area contributed by atoms with Gasteiger partial charge in [-0.25, -0.2) is 4.98 Å². The molecule has 0 aliphatic rings. The number of anilines is 1. The van der Waals surface area contributed by atoms with E-state index in [1.54, 1.807) is 6.92 Å². The fourth-order valence-electron chi connectivity index (χ4n) is 0.929. The van der Waals surface area contributed by atoms with E-state index in [9.17, 15) is 0 Å². The van der Waals surface area contributed by atoms with Crippen LogP contribution in [-0.2, 0) is 0 Å². The normalized spacial score (nSPS) is 9.64. The highest BCUT2D eigenvalue weighted by Crippen LogP contribution is 2.25. The highest BCUT2D eigenvalue weighted by molar-refractivity contribution is 7.80. The zero-order valence-electron chi connectivity index (χ0n) is 7.67. The van der Waals surface area contributed by atoms with Gasteiger partial charge in [-0.1, -0.05) is 0 Å². The highest BCUT2D eigenvalue weighted by atomic mass is 35.5. The summed E-state index contributed by atoms with van der Waals surface area (Å²) in [6, 6.07) is 0. The molecule has 0 saturated carbocycles. The number of nitrogens with two attached hydrogens (primary N) is 1. The van der Waals surface area contributed by atoms with E-state index in [0.29, 0.717) is 17.3 Å². The lowest BCUT2D eigenvalue weighted by Crippen LogP contribution is -2.20. The summed E-state index contributed by atoms with van der Waals surface area (Å²) in [6.07, 6.45) is 0. The minimum Gasteiger partial charge on any atom is -0.479 e. The van der Waals surface area contributed by atoms with Crippen molar-refractivity contribution in [2.75, 3.05) is 12.4 Å². The van der Waals surface area contributed by atoms with Crippen molar-refractivity contribution in [1.82, 2.24) is 9.97 Å². The van der Waals surface area contributed by atoms with Gasteiger partial charge in [-0.05, 0) is 30.7 Å². The third-order valence-electron chi connectivity index (χ3n) is 1.47. The second-order valence-electron chi connectivity index (χ2n) is 2.45. The van der Waals surface area contributed by atoms with Crippen LogP contribution >= 0.6 is 23.8 Å². The Morgan fingerprint density at radius 3 is 2.71 bits per heavy atom. The minimum absolute atomic E-state index is 0.118. The first kappa shape index (κ1) is 10.9. The first-order valence-electron chi connectivity index (χ1n) is 3.69. The molecule has 0 fully saturated rings.